The van der Waals surface area contributed by atoms with Crippen molar-refractivity contribution in [3.63, 3.8) is 0 Å². The molecule has 0 aliphatic rings. The lowest BCUT2D eigenvalue weighted by molar-refractivity contribution is -0.137. The van der Waals surface area contributed by atoms with Gasteiger partial charge >= 0.3 is 11.9 Å². The lowest BCUT2D eigenvalue weighted by atomic mass is 10.1. The summed E-state index contributed by atoms with van der Waals surface area (Å²) in [6.07, 6.45) is 8.44. The summed E-state index contributed by atoms with van der Waals surface area (Å²) in [5.41, 5.74) is 1.33. The van der Waals surface area contributed by atoms with E-state index >= 15 is 0 Å². The summed E-state index contributed by atoms with van der Waals surface area (Å²) in [7, 11) is 0. The van der Waals surface area contributed by atoms with E-state index in [0.717, 1.165) is 47.5 Å². The molecule has 36 heavy (non-hydrogen) atoms. The molecule has 192 valence electrons. The fraction of sp³-hybridized carbons (Fsp3) is 0.310. The maximum absolute atomic E-state index is 11.7. The molecule has 1 N–H and O–H groups in total. The van der Waals surface area contributed by atoms with Gasteiger partial charge < -0.3 is 19.3 Å². The highest BCUT2D eigenvalue weighted by Crippen LogP contribution is 2.26. The Bertz CT molecular complexity index is 1060. The summed E-state index contributed by atoms with van der Waals surface area (Å²) >= 11 is 1.33. The third-order valence-electron chi connectivity index (χ3n) is 5.00. The van der Waals surface area contributed by atoms with Crippen molar-refractivity contribution in [2.24, 2.45) is 0 Å². The SMILES string of the molecule is C=CC(=O)OCCCCCCOc1ccc(SC(O)/C=C/c2ccc(OC(=O)C(=C)C)c(C)c2)cc1. The highest BCUT2D eigenvalue weighted by Gasteiger charge is 2.08. The van der Waals surface area contributed by atoms with Crippen LogP contribution < -0.4 is 9.47 Å². The van der Waals surface area contributed by atoms with Crippen LogP contribution >= 0.6 is 11.8 Å². The second-order valence-electron chi connectivity index (χ2n) is 8.17. The first-order chi connectivity index (χ1) is 17.3. The van der Waals surface area contributed by atoms with E-state index in [1.165, 1.54) is 17.8 Å². The molecule has 0 saturated heterocycles. The lowest BCUT2D eigenvalue weighted by Crippen LogP contribution is -2.09. The van der Waals surface area contributed by atoms with E-state index in [-0.39, 0.29) is 5.97 Å². The molecule has 2 aromatic rings. The Morgan fingerprint density at radius 2 is 1.75 bits per heavy atom. The molecule has 0 aliphatic carbocycles. The van der Waals surface area contributed by atoms with Gasteiger partial charge in [0.2, 0.25) is 0 Å². The number of benzene rings is 2. The van der Waals surface area contributed by atoms with E-state index in [0.29, 0.717) is 24.5 Å². The number of thioether (sulfide) groups is 1. The smallest absolute Gasteiger partial charge is 0.338 e. The maximum atomic E-state index is 11.7. The molecule has 0 saturated carbocycles. The monoisotopic (exact) mass is 510 g/mol. The predicted octanol–water partition coefficient (Wildman–Crippen LogP) is 6.27. The zero-order valence-corrected chi connectivity index (χ0v) is 21.7. The first kappa shape index (κ1) is 28.9. The molecule has 0 radical (unpaired) electrons. The van der Waals surface area contributed by atoms with Crippen molar-refractivity contribution < 1.29 is 28.9 Å². The second-order valence-corrected chi connectivity index (χ2v) is 9.36. The van der Waals surface area contributed by atoms with E-state index < -0.39 is 11.4 Å². The zero-order chi connectivity index (χ0) is 26.3. The van der Waals surface area contributed by atoms with E-state index in [9.17, 15) is 14.7 Å². The summed E-state index contributed by atoms with van der Waals surface area (Å²) < 4.78 is 16.0. The van der Waals surface area contributed by atoms with Crippen LogP contribution in [0.15, 0.2) is 78.2 Å². The molecule has 1 unspecified atom stereocenters. The summed E-state index contributed by atoms with van der Waals surface area (Å²) in [6, 6.07) is 13.1. The molecular weight excluding hydrogens is 476 g/mol. The number of aliphatic hydroxyl groups is 1. The maximum Gasteiger partial charge on any atom is 0.338 e. The van der Waals surface area contributed by atoms with Crippen LogP contribution in [0.2, 0.25) is 0 Å². The first-order valence-corrected chi connectivity index (χ1v) is 12.7. The van der Waals surface area contributed by atoms with Gasteiger partial charge in [-0.3, -0.25) is 0 Å². The molecule has 0 heterocycles. The van der Waals surface area contributed by atoms with Crippen LogP contribution in [-0.4, -0.2) is 35.7 Å². The molecule has 1 atom stereocenters. The van der Waals surface area contributed by atoms with Crippen LogP contribution in [0.5, 0.6) is 11.5 Å². The summed E-state index contributed by atoms with van der Waals surface area (Å²) in [5.74, 6) is 0.440. The van der Waals surface area contributed by atoms with Crippen LogP contribution in [0.1, 0.15) is 43.7 Å². The Labute approximate surface area is 217 Å². The summed E-state index contributed by atoms with van der Waals surface area (Å²) in [5, 5.41) is 10.4. The minimum atomic E-state index is -0.719. The summed E-state index contributed by atoms with van der Waals surface area (Å²) in [6.45, 7) is 11.4. The average molecular weight is 511 g/mol. The number of aryl methyl sites for hydroxylation is 1. The number of carbonyl (C=O) groups excluding carboxylic acids is 2. The molecule has 2 aromatic carbocycles. The molecule has 0 aromatic heterocycles. The topological polar surface area (TPSA) is 82.1 Å². The average Bonchev–Trinajstić information content (AvgIpc) is 2.86. The third kappa shape index (κ3) is 11.0. The predicted molar refractivity (Wildman–Crippen MR) is 144 cm³/mol. The normalized spacial score (nSPS) is 11.6. The van der Waals surface area contributed by atoms with Crippen molar-refractivity contribution in [3.8, 4) is 11.5 Å². The molecule has 2 rings (SSSR count). The molecule has 0 fully saturated rings. The largest absolute Gasteiger partial charge is 0.494 e. The first-order valence-electron chi connectivity index (χ1n) is 11.8. The quantitative estimate of drug-likeness (QED) is 0.0755. The molecule has 0 bridgehead atoms. The standard InChI is InChI=1S/C29H34O6S/c1-5-27(30)34-19-9-7-6-8-18-33-24-12-14-25(15-13-24)36-28(31)17-11-23-10-16-26(22(4)20-23)35-29(32)21(2)3/h5,10-17,20,28,31H,1-2,6-9,18-19H2,3-4H3/b17-11+. The van der Waals surface area contributed by atoms with E-state index in [1.54, 1.807) is 19.1 Å². The fourth-order valence-electron chi connectivity index (χ4n) is 3.04. The number of ether oxygens (including phenoxy) is 3. The van der Waals surface area contributed by atoms with E-state index in [4.69, 9.17) is 14.2 Å². The molecule has 7 heteroatoms. The number of unbranched alkanes of at least 4 members (excludes halogenated alkanes) is 3. The van der Waals surface area contributed by atoms with Crippen molar-refractivity contribution in [2.75, 3.05) is 13.2 Å². The van der Waals surface area contributed by atoms with Crippen LogP contribution in [0.4, 0.5) is 0 Å². The minimum Gasteiger partial charge on any atom is -0.494 e. The van der Waals surface area contributed by atoms with Crippen molar-refractivity contribution in [1.29, 1.82) is 0 Å². The van der Waals surface area contributed by atoms with Crippen LogP contribution in [0.3, 0.4) is 0 Å². The Morgan fingerprint density at radius 3 is 2.39 bits per heavy atom. The van der Waals surface area contributed by atoms with Gasteiger partial charge in [-0.15, -0.1) is 0 Å². The molecule has 0 amide bonds. The van der Waals surface area contributed by atoms with Crippen LogP contribution in [0, 0.1) is 6.92 Å². The highest BCUT2D eigenvalue weighted by molar-refractivity contribution is 7.99. The Hall–Kier alpha value is -3.29. The number of rotatable bonds is 15. The number of aliphatic hydroxyl groups excluding tert-OH is 1. The van der Waals surface area contributed by atoms with Crippen molar-refractivity contribution in [1.82, 2.24) is 0 Å². The van der Waals surface area contributed by atoms with Crippen molar-refractivity contribution in [2.45, 2.75) is 49.9 Å². The Balaban J connectivity index is 1.71. The number of hydrogen-bond donors (Lipinski definition) is 1. The summed E-state index contributed by atoms with van der Waals surface area (Å²) in [4.78, 5) is 23.6. The Morgan fingerprint density at radius 1 is 1.06 bits per heavy atom. The van der Waals surface area contributed by atoms with Gasteiger partial charge in [-0.25, -0.2) is 9.59 Å². The van der Waals surface area contributed by atoms with Gasteiger partial charge in [0.1, 0.15) is 16.9 Å². The highest BCUT2D eigenvalue weighted by atomic mass is 32.2. The van der Waals surface area contributed by atoms with E-state index in [2.05, 4.69) is 13.2 Å². The molecule has 0 spiro atoms. The molecular formula is C29H34O6S. The number of hydrogen-bond acceptors (Lipinski definition) is 7. The van der Waals surface area contributed by atoms with Crippen molar-refractivity contribution >= 4 is 29.8 Å². The number of carbonyl (C=O) groups is 2. The van der Waals surface area contributed by atoms with Crippen LogP contribution in [0.25, 0.3) is 6.08 Å². The fourth-order valence-corrected chi connectivity index (χ4v) is 3.77. The number of esters is 2. The van der Waals surface area contributed by atoms with E-state index in [1.807, 2.05) is 49.4 Å². The van der Waals surface area contributed by atoms with Gasteiger partial charge in [0.15, 0.2) is 0 Å². The van der Waals surface area contributed by atoms with Gasteiger partial charge in [0, 0.05) is 16.5 Å². The molecule has 6 nitrogen and oxygen atoms in total. The van der Waals surface area contributed by atoms with Crippen molar-refractivity contribution in [3.05, 3.63) is 84.5 Å². The van der Waals surface area contributed by atoms with Gasteiger partial charge in [-0.2, -0.15) is 0 Å². The Kier molecular flexibility index (Phi) is 12.6. The minimum absolute atomic E-state index is 0.343. The lowest BCUT2D eigenvalue weighted by Gasteiger charge is -2.09. The van der Waals surface area contributed by atoms with Gasteiger partial charge in [-0.1, -0.05) is 37.1 Å². The third-order valence-corrected chi connectivity index (χ3v) is 5.95. The van der Waals surface area contributed by atoms with Gasteiger partial charge in [0.05, 0.1) is 13.2 Å². The van der Waals surface area contributed by atoms with Gasteiger partial charge in [-0.05, 0) is 93.1 Å². The molecule has 0 aliphatic heterocycles. The van der Waals surface area contributed by atoms with Gasteiger partial charge in [0.25, 0.3) is 0 Å². The zero-order valence-electron chi connectivity index (χ0n) is 20.9. The second kappa shape index (κ2) is 15.7. The van der Waals surface area contributed by atoms with Crippen LogP contribution in [-0.2, 0) is 14.3 Å².